The number of carbonyl (C=O) groups excluding carboxylic acids is 1. The molecule has 1 aliphatic heterocycles. The van der Waals surface area contributed by atoms with Gasteiger partial charge in [0.2, 0.25) is 5.91 Å². The first-order valence-corrected chi connectivity index (χ1v) is 7.61. The predicted octanol–water partition coefficient (Wildman–Crippen LogP) is 2.62. The van der Waals surface area contributed by atoms with Crippen molar-refractivity contribution in [1.82, 2.24) is 5.32 Å². The van der Waals surface area contributed by atoms with E-state index in [0.717, 1.165) is 31.4 Å². The number of nitrogens with one attached hydrogen (secondary N) is 1. The van der Waals surface area contributed by atoms with E-state index in [1.165, 1.54) is 0 Å². The van der Waals surface area contributed by atoms with E-state index in [9.17, 15) is 4.79 Å². The van der Waals surface area contributed by atoms with Crippen molar-refractivity contribution >= 4 is 5.91 Å². The van der Waals surface area contributed by atoms with Crippen molar-refractivity contribution in [1.29, 1.82) is 0 Å². The molecule has 0 aliphatic carbocycles. The Morgan fingerprint density at radius 2 is 2.19 bits per heavy atom. The normalized spacial score (nSPS) is 21.0. The fourth-order valence-corrected chi connectivity index (χ4v) is 2.82. The second-order valence-electron chi connectivity index (χ2n) is 5.85. The van der Waals surface area contributed by atoms with Crippen molar-refractivity contribution in [2.75, 3.05) is 20.3 Å². The SMILES string of the molecule is COCC(C)(NC(=O)CCC1CCCO1)c1ccccc1. The molecule has 1 amide bonds. The van der Waals surface area contributed by atoms with Gasteiger partial charge in [0.25, 0.3) is 0 Å². The maximum atomic E-state index is 12.2. The molecule has 0 aromatic heterocycles. The Hall–Kier alpha value is -1.39. The Bertz CT molecular complexity index is 443. The van der Waals surface area contributed by atoms with Crippen LogP contribution in [0.1, 0.15) is 38.2 Å². The third kappa shape index (κ3) is 4.55. The average molecular weight is 291 g/mol. The maximum Gasteiger partial charge on any atom is 0.220 e. The number of rotatable bonds is 7. The van der Waals surface area contributed by atoms with Crippen molar-refractivity contribution in [3.8, 4) is 0 Å². The largest absolute Gasteiger partial charge is 0.382 e. The lowest BCUT2D eigenvalue weighted by molar-refractivity contribution is -0.124. The minimum atomic E-state index is -0.496. The zero-order chi connectivity index (χ0) is 15.1. The fourth-order valence-electron chi connectivity index (χ4n) is 2.82. The van der Waals surface area contributed by atoms with Crippen LogP contribution >= 0.6 is 0 Å². The molecule has 0 radical (unpaired) electrons. The molecule has 0 saturated carbocycles. The molecule has 2 atom stereocenters. The first kappa shape index (κ1) is 16.0. The molecule has 4 nitrogen and oxygen atoms in total. The fraction of sp³-hybridized carbons (Fsp3) is 0.588. The van der Waals surface area contributed by atoms with E-state index >= 15 is 0 Å². The van der Waals surface area contributed by atoms with Crippen molar-refractivity contribution in [3.63, 3.8) is 0 Å². The highest BCUT2D eigenvalue weighted by atomic mass is 16.5. The molecule has 2 rings (SSSR count). The Morgan fingerprint density at radius 3 is 2.81 bits per heavy atom. The highest BCUT2D eigenvalue weighted by Crippen LogP contribution is 2.22. The molecule has 2 unspecified atom stereocenters. The molecule has 1 aromatic carbocycles. The number of amides is 1. The topological polar surface area (TPSA) is 47.6 Å². The Labute approximate surface area is 126 Å². The summed E-state index contributed by atoms with van der Waals surface area (Å²) in [7, 11) is 1.65. The van der Waals surface area contributed by atoms with Crippen LogP contribution in [0.5, 0.6) is 0 Å². The van der Waals surface area contributed by atoms with Crippen LogP contribution in [-0.4, -0.2) is 32.3 Å². The Morgan fingerprint density at radius 1 is 1.43 bits per heavy atom. The van der Waals surface area contributed by atoms with Crippen LogP contribution in [0.3, 0.4) is 0 Å². The van der Waals surface area contributed by atoms with Gasteiger partial charge in [-0.3, -0.25) is 4.79 Å². The number of hydrogen-bond donors (Lipinski definition) is 1. The van der Waals surface area contributed by atoms with Crippen LogP contribution in [0.15, 0.2) is 30.3 Å². The second kappa shape index (κ2) is 7.57. The number of hydrogen-bond acceptors (Lipinski definition) is 3. The van der Waals surface area contributed by atoms with E-state index in [2.05, 4.69) is 5.32 Å². The Kier molecular flexibility index (Phi) is 5.76. The molecular formula is C17H25NO3. The molecule has 0 spiro atoms. The van der Waals surface area contributed by atoms with Crippen LogP contribution in [0.4, 0.5) is 0 Å². The zero-order valence-electron chi connectivity index (χ0n) is 12.9. The molecular weight excluding hydrogens is 266 g/mol. The molecule has 1 N–H and O–H groups in total. The second-order valence-corrected chi connectivity index (χ2v) is 5.85. The van der Waals surface area contributed by atoms with Gasteiger partial charge in [0.15, 0.2) is 0 Å². The van der Waals surface area contributed by atoms with Gasteiger partial charge in [-0.05, 0) is 31.7 Å². The molecule has 116 valence electrons. The number of ether oxygens (including phenoxy) is 2. The van der Waals surface area contributed by atoms with E-state index in [0.29, 0.717) is 13.0 Å². The minimum Gasteiger partial charge on any atom is -0.382 e. The molecule has 0 bridgehead atoms. The lowest BCUT2D eigenvalue weighted by Gasteiger charge is -2.31. The van der Waals surface area contributed by atoms with Crippen LogP contribution in [0, 0.1) is 0 Å². The smallest absolute Gasteiger partial charge is 0.220 e. The van der Waals surface area contributed by atoms with E-state index in [1.807, 2.05) is 37.3 Å². The summed E-state index contributed by atoms with van der Waals surface area (Å²) >= 11 is 0. The third-order valence-electron chi connectivity index (χ3n) is 3.98. The van der Waals surface area contributed by atoms with Crippen LogP contribution < -0.4 is 5.32 Å². The molecule has 1 aromatic rings. The summed E-state index contributed by atoms with van der Waals surface area (Å²) in [5.41, 5.74) is 0.557. The highest BCUT2D eigenvalue weighted by Gasteiger charge is 2.28. The summed E-state index contributed by atoms with van der Waals surface area (Å²) in [6, 6.07) is 9.94. The monoisotopic (exact) mass is 291 g/mol. The van der Waals surface area contributed by atoms with Crippen molar-refractivity contribution in [3.05, 3.63) is 35.9 Å². The van der Waals surface area contributed by atoms with Crippen LogP contribution in [-0.2, 0) is 19.8 Å². The van der Waals surface area contributed by atoms with E-state index in [-0.39, 0.29) is 12.0 Å². The quantitative estimate of drug-likeness (QED) is 0.840. The van der Waals surface area contributed by atoms with Gasteiger partial charge in [-0.1, -0.05) is 30.3 Å². The molecule has 4 heteroatoms. The van der Waals surface area contributed by atoms with Gasteiger partial charge in [-0.25, -0.2) is 0 Å². The van der Waals surface area contributed by atoms with Gasteiger partial charge in [-0.2, -0.15) is 0 Å². The van der Waals surface area contributed by atoms with Crippen LogP contribution in [0.2, 0.25) is 0 Å². The molecule has 1 saturated heterocycles. The Balaban J connectivity index is 1.93. The first-order valence-electron chi connectivity index (χ1n) is 7.61. The summed E-state index contributed by atoms with van der Waals surface area (Å²) in [5, 5.41) is 3.12. The van der Waals surface area contributed by atoms with E-state index in [4.69, 9.17) is 9.47 Å². The number of benzene rings is 1. The first-order chi connectivity index (χ1) is 10.1. The number of methoxy groups -OCH3 is 1. The highest BCUT2D eigenvalue weighted by molar-refractivity contribution is 5.77. The van der Waals surface area contributed by atoms with Gasteiger partial charge in [-0.15, -0.1) is 0 Å². The predicted molar refractivity (Wildman–Crippen MR) is 82.0 cm³/mol. The summed E-state index contributed by atoms with van der Waals surface area (Å²) < 4.78 is 10.9. The third-order valence-corrected chi connectivity index (χ3v) is 3.98. The zero-order valence-corrected chi connectivity index (χ0v) is 12.9. The summed E-state index contributed by atoms with van der Waals surface area (Å²) in [5.74, 6) is 0.0499. The van der Waals surface area contributed by atoms with Gasteiger partial charge in [0, 0.05) is 20.1 Å². The summed E-state index contributed by atoms with van der Waals surface area (Å²) in [4.78, 5) is 12.2. The molecule has 21 heavy (non-hydrogen) atoms. The van der Waals surface area contributed by atoms with Gasteiger partial charge < -0.3 is 14.8 Å². The van der Waals surface area contributed by atoms with Gasteiger partial charge >= 0.3 is 0 Å². The van der Waals surface area contributed by atoms with Crippen molar-refractivity contribution < 1.29 is 14.3 Å². The van der Waals surface area contributed by atoms with Crippen molar-refractivity contribution in [2.45, 2.75) is 44.2 Å². The lowest BCUT2D eigenvalue weighted by Crippen LogP contribution is -2.46. The molecule has 1 aliphatic rings. The van der Waals surface area contributed by atoms with Gasteiger partial charge in [0.05, 0.1) is 18.2 Å². The van der Waals surface area contributed by atoms with E-state index in [1.54, 1.807) is 7.11 Å². The average Bonchev–Trinajstić information content (AvgIpc) is 3.00. The lowest BCUT2D eigenvalue weighted by atomic mass is 9.92. The van der Waals surface area contributed by atoms with Gasteiger partial charge in [0.1, 0.15) is 0 Å². The van der Waals surface area contributed by atoms with Crippen molar-refractivity contribution in [2.24, 2.45) is 0 Å². The van der Waals surface area contributed by atoms with Crippen LogP contribution in [0.25, 0.3) is 0 Å². The maximum absolute atomic E-state index is 12.2. The summed E-state index contributed by atoms with van der Waals surface area (Å²) in [6.45, 7) is 3.27. The van der Waals surface area contributed by atoms with E-state index < -0.39 is 5.54 Å². The minimum absolute atomic E-state index is 0.0499. The summed E-state index contributed by atoms with van der Waals surface area (Å²) in [6.07, 6.45) is 3.72. The molecule has 1 heterocycles. The number of carbonyl (C=O) groups is 1. The standard InChI is InChI=1S/C17H25NO3/c1-17(13-20-2,14-7-4-3-5-8-14)18-16(19)11-10-15-9-6-12-21-15/h3-5,7-8,15H,6,9-13H2,1-2H3,(H,18,19). The molecule has 1 fully saturated rings.